The third-order valence-electron chi connectivity index (χ3n) is 3.00. The summed E-state index contributed by atoms with van der Waals surface area (Å²) in [5.74, 6) is 0.489. The van der Waals surface area contributed by atoms with Crippen LogP contribution in [0.5, 0.6) is 0 Å². The van der Waals surface area contributed by atoms with Crippen LogP contribution in [0, 0.1) is 16.7 Å². The van der Waals surface area contributed by atoms with Crippen LogP contribution in [0.2, 0.25) is 0 Å². The lowest BCUT2D eigenvalue weighted by atomic mass is 9.87. The van der Waals surface area contributed by atoms with Crippen molar-refractivity contribution in [3.05, 3.63) is 42.4 Å². The second-order valence-corrected chi connectivity index (χ2v) is 5.80. The molecule has 2 rings (SSSR count). The smallest absolute Gasteiger partial charge is 0.180 e. The van der Waals surface area contributed by atoms with Gasteiger partial charge in [-0.2, -0.15) is 10.4 Å². The number of hydrogen-bond acceptors (Lipinski definition) is 5. The van der Waals surface area contributed by atoms with E-state index in [0.717, 1.165) is 11.3 Å². The molecule has 6 nitrogen and oxygen atoms in total. The Hall–Kier alpha value is -2.94. The van der Waals surface area contributed by atoms with E-state index in [1.165, 1.54) is 12.5 Å². The van der Waals surface area contributed by atoms with Crippen molar-refractivity contribution in [3.8, 4) is 17.5 Å². The Balaban J connectivity index is 2.12. The number of Topliss-reactive ketones (excluding diaryl/α,β-unsaturated/α-hetero) is 1. The van der Waals surface area contributed by atoms with Gasteiger partial charge in [0.1, 0.15) is 18.0 Å². The maximum Gasteiger partial charge on any atom is 0.180 e. The van der Waals surface area contributed by atoms with Crippen molar-refractivity contribution in [2.24, 2.45) is 5.41 Å². The Morgan fingerprint density at radius 1 is 1.32 bits per heavy atom. The fourth-order valence-electron chi connectivity index (χ4n) is 1.78. The monoisotopic (exact) mass is 295 g/mol. The molecule has 0 aliphatic heterocycles. The van der Waals surface area contributed by atoms with Crippen LogP contribution in [0.4, 0.5) is 5.69 Å². The molecule has 6 heteroatoms. The molecule has 0 unspecified atom stereocenters. The highest BCUT2D eigenvalue weighted by atomic mass is 16.1. The van der Waals surface area contributed by atoms with Gasteiger partial charge in [-0.05, 0) is 24.3 Å². The lowest BCUT2D eigenvalue weighted by Gasteiger charge is -2.15. The second-order valence-electron chi connectivity index (χ2n) is 5.80. The van der Waals surface area contributed by atoms with Crippen LogP contribution in [-0.2, 0) is 4.79 Å². The molecule has 0 amide bonds. The highest BCUT2D eigenvalue weighted by Gasteiger charge is 2.24. The fourth-order valence-corrected chi connectivity index (χ4v) is 1.78. The molecule has 0 aliphatic rings. The average Bonchev–Trinajstić information content (AvgIpc) is 3.01. The quantitative estimate of drug-likeness (QED) is 0.668. The van der Waals surface area contributed by atoms with E-state index in [2.05, 4.69) is 20.5 Å². The molecule has 0 saturated heterocycles. The number of nitrogens with one attached hydrogen (secondary N) is 2. The van der Waals surface area contributed by atoms with E-state index in [9.17, 15) is 4.79 Å². The van der Waals surface area contributed by atoms with Crippen LogP contribution in [0.1, 0.15) is 20.8 Å². The zero-order chi connectivity index (χ0) is 16.2. The summed E-state index contributed by atoms with van der Waals surface area (Å²) in [4.78, 5) is 16.1. The third kappa shape index (κ3) is 3.58. The SMILES string of the molecule is CC(C)(C)C(=O)C(C#N)=CNc1ccc(-c2ncn[nH]2)cc1. The zero-order valence-electron chi connectivity index (χ0n) is 12.7. The van der Waals surface area contributed by atoms with Gasteiger partial charge in [0, 0.05) is 22.9 Å². The minimum Gasteiger partial charge on any atom is -0.360 e. The predicted octanol–water partition coefficient (Wildman–Crippen LogP) is 2.91. The Morgan fingerprint density at radius 3 is 2.50 bits per heavy atom. The average molecular weight is 295 g/mol. The van der Waals surface area contributed by atoms with Gasteiger partial charge < -0.3 is 5.32 Å². The first-order chi connectivity index (χ1) is 10.4. The van der Waals surface area contributed by atoms with Crippen molar-refractivity contribution in [1.29, 1.82) is 5.26 Å². The maximum absolute atomic E-state index is 12.1. The molecule has 0 bridgehead atoms. The number of anilines is 1. The first-order valence-electron chi connectivity index (χ1n) is 6.79. The van der Waals surface area contributed by atoms with E-state index in [1.54, 1.807) is 20.8 Å². The first-order valence-corrected chi connectivity index (χ1v) is 6.79. The Labute approximate surface area is 128 Å². The number of benzene rings is 1. The largest absolute Gasteiger partial charge is 0.360 e. The number of aromatic nitrogens is 3. The fraction of sp³-hybridized carbons (Fsp3) is 0.250. The molecular formula is C16H17N5O. The third-order valence-corrected chi connectivity index (χ3v) is 3.00. The van der Waals surface area contributed by atoms with Crippen LogP contribution in [0.25, 0.3) is 11.4 Å². The van der Waals surface area contributed by atoms with E-state index in [-0.39, 0.29) is 11.4 Å². The zero-order valence-corrected chi connectivity index (χ0v) is 12.7. The highest BCUT2D eigenvalue weighted by Crippen LogP contribution is 2.21. The van der Waals surface area contributed by atoms with Crippen LogP contribution in [-0.4, -0.2) is 21.0 Å². The summed E-state index contributed by atoms with van der Waals surface area (Å²) in [5.41, 5.74) is 1.20. The summed E-state index contributed by atoms with van der Waals surface area (Å²) < 4.78 is 0. The molecule has 22 heavy (non-hydrogen) atoms. The van der Waals surface area contributed by atoms with Gasteiger partial charge in [0.05, 0.1) is 0 Å². The summed E-state index contributed by atoms with van der Waals surface area (Å²) in [5, 5.41) is 18.7. The van der Waals surface area contributed by atoms with Crippen molar-refractivity contribution in [2.45, 2.75) is 20.8 Å². The van der Waals surface area contributed by atoms with Crippen LogP contribution in [0.3, 0.4) is 0 Å². The number of H-pyrrole nitrogens is 1. The molecule has 0 radical (unpaired) electrons. The van der Waals surface area contributed by atoms with Crippen LogP contribution in [0.15, 0.2) is 42.4 Å². The minimum absolute atomic E-state index is 0.104. The molecule has 112 valence electrons. The van der Waals surface area contributed by atoms with Crippen molar-refractivity contribution >= 4 is 11.5 Å². The van der Waals surface area contributed by atoms with Crippen molar-refractivity contribution in [2.75, 3.05) is 5.32 Å². The molecule has 2 aromatic rings. The second kappa shape index (κ2) is 6.22. The molecule has 1 aromatic carbocycles. The maximum atomic E-state index is 12.1. The van der Waals surface area contributed by atoms with Gasteiger partial charge in [-0.15, -0.1) is 0 Å². The Kier molecular flexibility index (Phi) is 4.37. The van der Waals surface area contributed by atoms with Crippen molar-refractivity contribution in [1.82, 2.24) is 15.2 Å². The lowest BCUT2D eigenvalue weighted by Crippen LogP contribution is -2.22. The topological polar surface area (TPSA) is 94.5 Å². The molecule has 0 spiro atoms. The standard InChI is InChI=1S/C16H17N5O/c1-16(2,3)14(22)12(8-17)9-18-13-6-4-11(5-7-13)15-19-10-20-21-15/h4-7,9-10,18H,1-3H3,(H,19,20,21). The van der Waals surface area contributed by atoms with Gasteiger partial charge in [0.25, 0.3) is 0 Å². The number of hydrogen-bond donors (Lipinski definition) is 2. The van der Waals surface area contributed by atoms with Gasteiger partial charge >= 0.3 is 0 Å². The molecule has 0 fully saturated rings. The normalized spacial score (nSPS) is 11.8. The number of ketones is 1. The Bertz CT molecular complexity index is 715. The number of carbonyl (C=O) groups excluding carboxylic acids is 1. The highest BCUT2D eigenvalue weighted by molar-refractivity contribution is 6.02. The first kappa shape index (κ1) is 15.4. The molecular weight excluding hydrogens is 278 g/mol. The van der Waals surface area contributed by atoms with Crippen LogP contribution >= 0.6 is 0 Å². The number of allylic oxidation sites excluding steroid dienone is 1. The summed E-state index contributed by atoms with van der Waals surface area (Å²) >= 11 is 0. The van der Waals surface area contributed by atoms with Gasteiger partial charge in [0.2, 0.25) is 0 Å². The number of nitrogens with zero attached hydrogens (tertiary/aromatic N) is 3. The molecule has 1 heterocycles. The number of nitriles is 1. The summed E-state index contributed by atoms with van der Waals surface area (Å²) in [6.45, 7) is 5.35. The lowest BCUT2D eigenvalue weighted by molar-refractivity contribution is -0.122. The van der Waals surface area contributed by atoms with Gasteiger partial charge in [-0.25, -0.2) is 4.98 Å². The van der Waals surface area contributed by atoms with E-state index in [1.807, 2.05) is 30.3 Å². The predicted molar refractivity (Wildman–Crippen MR) is 83.6 cm³/mol. The summed E-state index contributed by atoms with van der Waals surface area (Å²) in [6.07, 6.45) is 2.89. The van der Waals surface area contributed by atoms with Gasteiger partial charge in [0.15, 0.2) is 11.6 Å². The Morgan fingerprint density at radius 2 is 2.00 bits per heavy atom. The van der Waals surface area contributed by atoms with Crippen molar-refractivity contribution in [3.63, 3.8) is 0 Å². The summed E-state index contributed by atoms with van der Waals surface area (Å²) in [6, 6.07) is 9.35. The number of rotatable bonds is 4. The molecule has 0 aliphatic carbocycles. The molecule has 2 N–H and O–H groups in total. The minimum atomic E-state index is -0.584. The van der Waals surface area contributed by atoms with Gasteiger partial charge in [-0.1, -0.05) is 20.8 Å². The van der Waals surface area contributed by atoms with Crippen LogP contribution < -0.4 is 5.32 Å². The molecule has 0 atom stereocenters. The molecule has 0 saturated carbocycles. The van der Waals surface area contributed by atoms with E-state index in [4.69, 9.17) is 5.26 Å². The molecule has 1 aromatic heterocycles. The van der Waals surface area contributed by atoms with E-state index < -0.39 is 5.41 Å². The van der Waals surface area contributed by atoms with E-state index in [0.29, 0.717) is 5.82 Å². The van der Waals surface area contributed by atoms with Crippen molar-refractivity contribution < 1.29 is 4.79 Å². The number of carbonyl (C=O) groups is 1. The summed E-state index contributed by atoms with van der Waals surface area (Å²) in [7, 11) is 0. The van der Waals surface area contributed by atoms with E-state index >= 15 is 0 Å². The number of aromatic amines is 1. The van der Waals surface area contributed by atoms with Gasteiger partial charge in [-0.3, -0.25) is 9.89 Å².